The Morgan fingerprint density at radius 3 is 2.43 bits per heavy atom. The standard InChI is InChI=1S/C18H20N2O3/c21-16(19-12-15-8-4-11-23-15)13-20-17(22)18(9-5-10-18)14-6-2-1-3-7-14/h1-4,6-8,11H,5,9-10,12-13H2,(H,19,21)(H,20,22). The largest absolute Gasteiger partial charge is 0.467 e. The lowest BCUT2D eigenvalue weighted by molar-refractivity contribution is -0.132. The van der Waals surface area contributed by atoms with Crippen LogP contribution in [0.1, 0.15) is 30.6 Å². The van der Waals surface area contributed by atoms with E-state index < -0.39 is 5.41 Å². The van der Waals surface area contributed by atoms with E-state index in [2.05, 4.69) is 10.6 Å². The number of nitrogens with one attached hydrogen (secondary N) is 2. The molecule has 0 unspecified atom stereocenters. The van der Waals surface area contributed by atoms with Crippen LogP contribution < -0.4 is 10.6 Å². The summed E-state index contributed by atoms with van der Waals surface area (Å²) >= 11 is 0. The Labute approximate surface area is 135 Å². The van der Waals surface area contributed by atoms with Crippen LogP contribution in [0.25, 0.3) is 0 Å². The molecule has 120 valence electrons. The zero-order valence-corrected chi connectivity index (χ0v) is 12.9. The fraction of sp³-hybridized carbons (Fsp3) is 0.333. The van der Waals surface area contributed by atoms with E-state index in [4.69, 9.17) is 4.42 Å². The summed E-state index contributed by atoms with van der Waals surface area (Å²) in [6.07, 6.45) is 4.25. The molecule has 2 aromatic rings. The summed E-state index contributed by atoms with van der Waals surface area (Å²) in [5.41, 5.74) is 0.558. The average Bonchev–Trinajstić information content (AvgIpc) is 3.04. The third-order valence-electron chi connectivity index (χ3n) is 4.42. The third-order valence-corrected chi connectivity index (χ3v) is 4.42. The summed E-state index contributed by atoms with van der Waals surface area (Å²) in [4.78, 5) is 24.4. The first kappa shape index (κ1) is 15.3. The molecular weight excluding hydrogens is 292 g/mol. The van der Waals surface area contributed by atoms with Crippen LogP contribution in [0.3, 0.4) is 0 Å². The Kier molecular flexibility index (Phi) is 4.46. The number of furan rings is 1. The van der Waals surface area contributed by atoms with Gasteiger partial charge >= 0.3 is 0 Å². The first-order chi connectivity index (χ1) is 11.2. The van der Waals surface area contributed by atoms with Gasteiger partial charge in [0, 0.05) is 0 Å². The molecule has 1 saturated carbocycles. The SMILES string of the molecule is O=C(CNC(=O)C1(c2ccccc2)CCC1)NCc1ccco1. The van der Waals surface area contributed by atoms with E-state index in [0.717, 1.165) is 24.8 Å². The van der Waals surface area contributed by atoms with E-state index >= 15 is 0 Å². The smallest absolute Gasteiger partial charge is 0.239 e. The van der Waals surface area contributed by atoms with Crippen LogP contribution in [0.15, 0.2) is 53.1 Å². The Bertz CT molecular complexity index is 661. The number of hydrogen-bond acceptors (Lipinski definition) is 3. The maximum atomic E-state index is 12.6. The maximum Gasteiger partial charge on any atom is 0.239 e. The summed E-state index contributed by atoms with van der Waals surface area (Å²) in [5.74, 6) is 0.393. The molecule has 1 heterocycles. The van der Waals surface area contributed by atoms with Gasteiger partial charge < -0.3 is 15.1 Å². The number of rotatable bonds is 6. The molecule has 1 aromatic carbocycles. The van der Waals surface area contributed by atoms with Gasteiger partial charge in [-0.3, -0.25) is 9.59 Å². The van der Waals surface area contributed by atoms with E-state index in [1.165, 1.54) is 0 Å². The molecule has 23 heavy (non-hydrogen) atoms. The average molecular weight is 312 g/mol. The summed E-state index contributed by atoms with van der Waals surface area (Å²) in [7, 11) is 0. The molecule has 1 aliphatic carbocycles. The van der Waals surface area contributed by atoms with Gasteiger partial charge in [0.1, 0.15) is 5.76 Å². The minimum atomic E-state index is -0.470. The topological polar surface area (TPSA) is 71.3 Å². The number of hydrogen-bond donors (Lipinski definition) is 2. The van der Waals surface area contributed by atoms with Crippen molar-refractivity contribution in [1.82, 2.24) is 10.6 Å². The van der Waals surface area contributed by atoms with Gasteiger partial charge in [0.2, 0.25) is 11.8 Å². The van der Waals surface area contributed by atoms with Crippen molar-refractivity contribution in [1.29, 1.82) is 0 Å². The summed E-state index contributed by atoms with van der Waals surface area (Å²) < 4.78 is 5.15. The fourth-order valence-electron chi connectivity index (χ4n) is 2.93. The van der Waals surface area contributed by atoms with Crippen LogP contribution in [0.4, 0.5) is 0 Å². The molecule has 5 nitrogen and oxygen atoms in total. The van der Waals surface area contributed by atoms with Crippen LogP contribution in [0.2, 0.25) is 0 Å². The molecule has 1 fully saturated rings. The lowest BCUT2D eigenvalue weighted by Gasteiger charge is -2.40. The predicted octanol–water partition coefficient (Wildman–Crippen LogP) is 2.13. The van der Waals surface area contributed by atoms with Gasteiger partial charge in [0.15, 0.2) is 0 Å². The van der Waals surface area contributed by atoms with E-state index in [0.29, 0.717) is 12.3 Å². The second kappa shape index (κ2) is 6.69. The number of benzene rings is 1. The zero-order chi connectivity index (χ0) is 16.1. The molecule has 2 amide bonds. The van der Waals surface area contributed by atoms with Crippen LogP contribution in [0, 0.1) is 0 Å². The molecule has 1 aliphatic rings. The Morgan fingerprint density at radius 1 is 1.04 bits per heavy atom. The Morgan fingerprint density at radius 2 is 1.83 bits per heavy atom. The Hall–Kier alpha value is -2.56. The van der Waals surface area contributed by atoms with E-state index in [1.807, 2.05) is 30.3 Å². The van der Waals surface area contributed by atoms with E-state index in [-0.39, 0.29) is 18.4 Å². The van der Waals surface area contributed by atoms with Crippen molar-refractivity contribution >= 4 is 11.8 Å². The van der Waals surface area contributed by atoms with Crippen molar-refractivity contribution in [2.45, 2.75) is 31.2 Å². The summed E-state index contributed by atoms with van der Waals surface area (Å²) in [6, 6.07) is 13.3. The van der Waals surface area contributed by atoms with Crippen LogP contribution in [0.5, 0.6) is 0 Å². The second-order valence-electron chi connectivity index (χ2n) is 5.84. The molecule has 0 bridgehead atoms. The molecule has 0 saturated heterocycles. The molecular formula is C18H20N2O3. The Balaban J connectivity index is 1.53. The second-order valence-corrected chi connectivity index (χ2v) is 5.84. The lowest BCUT2D eigenvalue weighted by atomic mass is 9.64. The highest BCUT2D eigenvalue weighted by Crippen LogP contribution is 2.43. The van der Waals surface area contributed by atoms with Crippen molar-refractivity contribution in [2.75, 3.05) is 6.54 Å². The number of amides is 2. The highest BCUT2D eigenvalue weighted by atomic mass is 16.3. The van der Waals surface area contributed by atoms with Gasteiger partial charge in [-0.05, 0) is 30.5 Å². The van der Waals surface area contributed by atoms with Gasteiger partial charge in [0.25, 0.3) is 0 Å². The predicted molar refractivity (Wildman–Crippen MR) is 85.5 cm³/mol. The fourth-order valence-corrected chi connectivity index (χ4v) is 2.93. The molecule has 0 aliphatic heterocycles. The lowest BCUT2D eigenvalue weighted by Crippen LogP contribution is -2.51. The monoisotopic (exact) mass is 312 g/mol. The molecule has 1 aromatic heterocycles. The molecule has 3 rings (SSSR count). The van der Waals surface area contributed by atoms with E-state index in [9.17, 15) is 9.59 Å². The third kappa shape index (κ3) is 3.28. The highest BCUT2D eigenvalue weighted by Gasteiger charge is 2.45. The summed E-state index contributed by atoms with van der Waals surface area (Å²) in [6.45, 7) is 0.305. The van der Waals surface area contributed by atoms with Gasteiger partial charge in [-0.2, -0.15) is 0 Å². The minimum absolute atomic E-state index is 0.0197. The molecule has 2 N–H and O–H groups in total. The van der Waals surface area contributed by atoms with Crippen LogP contribution in [-0.2, 0) is 21.5 Å². The van der Waals surface area contributed by atoms with Crippen molar-refractivity contribution in [2.24, 2.45) is 0 Å². The molecule has 0 atom stereocenters. The first-order valence-corrected chi connectivity index (χ1v) is 7.84. The quantitative estimate of drug-likeness (QED) is 0.858. The van der Waals surface area contributed by atoms with Crippen molar-refractivity contribution in [3.63, 3.8) is 0 Å². The van der Waals surface area contributed by atoms with Gasteiger partial charge in [0.05, 0.1) is 24.8 Å². The molecule has 5 heteroatoms. The van der Waals surface area contributed by atoms with Gasteiger partial charge in [-0.25, -0.2) is 0 Å². The van der Waals surface area contributed by atoms with Gasteiger partial charge in [-0.1, -0.05) is 36.8 Å². The molecule has 0 radical (unpaired) electrons. The molecule has 0 spiro atoms. The van der Waals surface area contributed by atoms with Crippen molar-refractivity contribution in [3.05, 3.63) is 60.1 Å². The van der Waals surface area contributed by atoms with Gasteiger partial charge in [-0.15, -0.1) is 0 Å². The van der Waals surface area contributed by atoms with E-state index in [1.54, 1.807) is 18.4 Å². The first-order valence-electron chi connectivity index (χ1n) is 7.84. The summed E-state index contributed by atoms with van der Waals surface area (Å²) in [5, 5.41) is 5.49. The van der Waals surface area contributed by atoms with Crippen LogP contribution >= 0.6 is 0 Å². The number of carbonyl (C=O) groups excluding carboxylic acids is 2. The van der Waals surface area contributed by atoms with Crippen molar-refractivity contribution in [3.8, 4) is 0 Å². The normalized spacial score (nSPS) is 15.5. The highest BCUT2D eigenvalue weighted by molar-refractivity contribution is 5.92. The van der Waals surface area contributed by atoms with Crippen LogP contribution in [-0.4, -0.2) is 18.4 Å². The zero-order valence-electron chi connectivity index (χ0n) is 12.9. The minimum Gasteiger partial charge on any atom is -0.467 e. The maximum absolute atomic E-state index is 12.6. The number of carbonyl (C=O) groups is 2. The van der Waals surface area contributed by atoms with Crippen molar-refractivity contribution < 1.29 is 14.0 Å².